The highest BCUT2D eigenvalue weighted by Gasteiger charge is 2.20. The van der Waals surface area contributed by atoms with Crippen LogP contribution in [0.2, 0.25) is 5.02 Å². The van der Waals surface area contributed by atoms with E-state index in [2.05, 4.69) is 16.2 Å². The molecular weight excluding hydrogens is 248 g/mol. The number of hydrogen-bond donors (Lipinski definition) is 0. The Bertz CT molecular complexity index is 582. The molecule has 0 aliphatic carbocycles. The third kappa shape index (κ3) is 2.05. The van der Waals surface area contributed by atoms with Crippen LogP contribution in [0.4, 0.5) is 0 Å². The van der Waals surface area contributed by atoms with Crippen LogP contribution in [0.15, 0.2) is 46.6 Å². The van der Waals surface area contributed by atoms with Gasteiger partial charge in [0.15, 0.2) is 0 Å². The summed E-state index contributed by atoms with van der Waals surface area (Å²) in [6, 6.07) is 7.95. The standard InChI is InChI=1S/C10H6ClN2O2S/c11-8-6-12-10(13-7-8)16(14,15)9-4-2-1-3-5-9/h1-6H. The number of aromatic nitrogens is 2. The number of rotatable bonds is 2. The highest BCUT2D eigenvalue weighted by molar-refractivity contribution is 7.91. The van der Waals surface area contributed by atoms with Crippen molar-refractivity contribution in [3.63, 3.8) is 0 Å². The lowest BCUT2D eigenvalue weighted by atomic mass is 10.4. The molecule has 81 valence electrons. The van der Waals surface area contributed by atoms with E-state index in [1.807, 2.05) is 0 Å². The third-order valence-corrected chi connectivity index (χ3v) is 3.59. The molecule has 2 aromatic rings. The minimum absolute atomic E-state index is 0.144. The fourth-order valence-electron chi connectivity index (χ4n) is 1.11. The molecule has 0 bridgehead atoms. The zero-order valence-electron chi connectivity index (χ0n) is 7.96. The molecule has 4 nitrogen and oxygen atoms in total. The van der Waals surface area contributed by atoms with Gasteiger partial charge >= 0.3 is 0 Å². The van der Waals surface area contributed by atoms with Crippen LogP contribution < -0.4 is 0 Å². The van der Waals surface area contributed by atoms with Crippen LogP contribution in [0.3, 0.4) is 0 Å². The van der Waals surface area contributed by atoms with Gasteiger partial charge in [-0.05, 0) is 12.1 Å². The maximum Gasteiger partial charge on any atom is 0.252 e. The second-order valence-corrected chi connectivity index (χ2v) is 5.18. The van der Waals surface area contributed by atoms with Crippen LogP contribution in [0.5, 0.6) is 0 Å². The summed E-state index contributed by atoms with van der Waals surface area (Å²) < 4.78 is 23.9. The molecule has 16 heavy (non-hydrogen) atoms. The normalized spacial score (nSPS) is 11.3. The molecule has 0 unspecified atom stereocenters. The first kappa shape index (κ1) is 11.0. The second-order valence-electron chi connectivity index (χ2n) is 2.93. The Hall–Kier alpha value is -1.46. The second kappa shape index (κ2) is 4.19. The molecule has 1 heterocycles. The summed E-state index contributed by atoms with van der Waals surface area (Å²) >= 11 is 5.53. The first-order valence-corrected chi connectivity index (χ1v) is 6.17. The maximum atomic E-state index is 12.0. The number of benzene rings is 1. The van der Waals surface area contributed by atoms with Crippen LogP contribution in [0.25, 0.3) is 0 Å². The zero-order chi connectivity index (χ0) is 11.6. The van der Waals surface area contributed by atoms with Gasteiger partial charge in [-0.3, -0.25) is 0 Å². The maximum absolute atomic E-state index is 12.0. The van der Waals surface area contributed by atoms with Crippen molar-refractivity contribution < 1.29 is 8.42 Å². The van der Waals surface area contributed by atoms with Crippen LogP contribution in [0, 0.1) is 6.20 Å². The van der Waals surface area contributed by atoms with Gasteiger partial charge in [0, 0.05) is 0 Å². The van der Waals surface area contributed by atoms with Crippen molar-refractivity contribution in [2.24, 2.45) is 0 Å². The molecule has 0 saturated carbocycles. The number of nitrogens with zero attached hydrogens (tertiary/aromatic N) is 2. The van der Waals surface area contributed by atoms with Crippen LogP contribution in [0.1, 0.15) is 0 Å². The first-order valence-electron chi connectivity index (χ1n) is 4.31. The molecule has 1 aromatic heterocycles. The van der Waals surface area contributed by atoms with Crippen LogP contribution in [-0.2, 0) is 9.84 Å². The molecule has 0 saturated heterocycles. The molecule has 0 fully saturated rings. The highest BCUT2D eigenvalue weighted by atomic mass is 35.5. The lowest BCUT2D eigenvalue weighted by molar-refractivity contribution is 0.586. The smallest absolute Gasteiger partial charge is 0.225 e. The number of sulfone groups is 1. The third-order valence-electron chi connectivity index (χ3n) is 1.84. The van der Waals surface area contributed by atoms with Crippen molar-refractivity contribution in [1.29, 1.82) is 0 Å². The van der Waals surface area contributed by atoms with E-state index >= 15 is 0 Å². The Morgan fingerprint density at radius 3 is 2.44 bits per heavy atom. The summed E-state index contributed by atoms with van der Waals surface area (Å²) in [5.74, 6) is 0. The lowest BCUT2D eigenvalue weighted by Crippen LogP contribution is -2.06. The molecule has 0 aliphatic rings. The Balaban J connectivity index is 2.52. The summed E-state index contributed by atoms with van der Waals surface area (Å²) in [6.45, 7) is 0. The van der Waals surface area contributed by atoms with Crippen molar-refractivity contribution >= 4 is 21.4 Å². The van der Waals surface area contributed by atoms with Crippen LogP contribution >= 0.6 is 11.6 Å². The molecule has 0 atom stereocenters. The van der Waals surface area contributed by atoms with Gasteiger partial charge in [-0.25, -0.2) is 18.4 Å². The Morgan fingerprint density at radius 1 is 1.19 bits per heavy atom. The topological polar surface area (TPSA) is 59.9 Å². The summed E-state index contributed by atoms with van der Waals surface area (Å²) in [5.41, 5.74) is 0. The molecule has 0 N–H and O–H groups in total. The van der Waals surface area contributed by atoms with Gasteiger partial charge in [-0.1, -0.05) is 29.8 Å². The van der Waals surface area contributed by atoms with E-state index in [1.54, 1.807) is 18.2 Å². The molecule has 1 radical (unpaired) electrons. The van der Waals surface area contributed by atoms with E-state index < -0.39 is 9.84 Å². The average molecular weight is 254 g/mol. The summed E-state index contributed by atoms with van der Waals surface area (Å²) in [5, 5.41) is -0.130. The zero-order valence-corrected chi connectivity index (χ0v) is 9.53. The molecule has 1 aromatic carbocycles. The van der Waals surface area contributed by atoms with Gasteiger partial charge in [0.05, 0.1) is 16.1 Å². The summed E-state index contributed by atoms with van der Waals surface area (Å²) in [4.78, 5) is 7.38. The van der Waals surface area contributed by atoms with Gasteiger partial charge in [0.25, 0.3) is 5.16 Å². The highest BCUT2D eigenvalue weighted by Crippen LogP contribution is 2.16. The van der Waals surface area contributed by atoms with E-state index in [0.29, 0.717) is 0 Å². The quantitative estimate of drug-likeness (QED) is 0.766. The average Bonchev–Trinajstić information content (AvgIpc) is 2.31. The van der Waals surface area contributed by atoms with Gasteiger partial charge < -0.3 is 0 Å². The molecule has 6 heteroatoms. The van der Waals surface area contributed by atoms with Crippen molar-refractivity contribution in [2.45, 2.75) is 10.1 Å². The van der Waals surface area contributed by atoms with E-state index in [0.717, 1.165) is 0 Å². The molecule has 0 amide bonds. The lowest BCUT2D eigenvalue weighted by Gasteiger charge is -2.01. The van der Waals surface area contributed by atoms with E-state index in [4.69, 9.17) is 11.6 Å². The van der Waals surface area contributed by atoms with E-state index in [1.165, 1.54) is 18.3 Å². The SMILES string of the molecule is O=S(=O)(c1ccccc1)c1n[c]c(Cl)cn1. The summed E-state index contributed by atoms with van der Waals surface area (Å²) in [7, 11) is -3.67. The van der Waals surface area contributed by atoms with Crippen molar-refractivity contribution in [3.8, 4) is 0 Å². The van der Waals surface area contributed by atoms with Crippen molar-refractivity contribution in [2.75, 3.05) is 0 Å². The van der Waals surface area contributed by atoms with Gasteiger partial charge in [0.2, 0.25) is 9.84 Å². The predicted molar refractivity (Wildman–Crippen MR) is 57.8 cm³/mol. The molecule has 0 spiro atoms. The van der Waals surface area contributed by atoms with Crippen molar-refractivity contribution in [3.05, 3.63) is 47.7 Å². The van der Waals surface area contributed by atoms with E-state index in [-0.39, 0.29) is 15.1 Å². The Labute approximate surface area is 97.9 Å². The van der Waals surface area contributed by atoms with Gasteiger partial charge in [-0.2, -0.15) is 0 Å². The monoisotopic (exact) mass is 253 g/mol. The fraction of sp³-hybridized carbons (Fsp3) is 0. The molecule has 0 aliphatic heterocycles. The number of hydrogen-bond acceptors (Lipinski definition) is 4. The fourth-order valence-corrected chi connectivity index (χ4v) is 2.28. The molecular formula is C10H6ClN2O2S. The van der Waals surface area contributed by atoms with Crippen molar-refractivity contribution in [1.82, 2.24) is 9.97 Å². The van der Waals surface area contributed by atoms with Gasteiger partial charge in [0.1, 0.15) is 6.20 Å². The molecule has 2 rings (SSSR count). The minimum atomic E-state index is -3.67. The Kier molecular flexibility index (Phi) is 2.89. The van der Waals surface area contributed by atoms with E-state index in [9.17, 15) is 8.42 Å². The van der Waals surface area contributed by atoms with Gasteiger partial charge in [-0.15, -0.1) is 0 Å². The largest absolute Gasteiger partial charge is 0.252 e. The van der Waals surface area contributed by atoms with Crippen LogP contribution in [-0.4, -0.2) is 18.4 Å². The minimum Gasteiger partial charge on any atom is -0.225 e. The number of halogens is 1. The summed E-state index contributed by atoms with van der Waals surface area (Å²) in [6.07, 6.45) is 3.55. The predicted octanol–water partition coefficient (Wildman–Crippen LogP) is 1.76. The first-order chi connectivity index (χ1) is 7.60. The Morgan fingerprint density at radius 2 is 1.88 bits per heavy atom.